The maximum Gasteiger partial charge on any atom is 0.243 e. The second kappa shape index (κ2) is 8.10. The summed E-state index contributed by atoms with van der Waals surface area (Å²) in [6.07, 6.45) is 0. The van der Waals surface area contributed by atoms with Gasteiger partial charge in [0, 0.05) is 17.3 Å². The molecule has 0 aliphatic carbocycles. The van der Waals surface area contributed by atoms with Gasteiger partial charge in [-0.05, 0) is 36.4 Å². The van der Waals surface area contributed by atoms with Gasteiger partial charge in [0.05, 0.1) is 12.2 Å². The molecule has 0 radical (unpaired) electrons. The summed E-state index contributed by atoms with van der Waals surface area (Å²) in [6, 6.07) is 13.0. The van der Waals surface area contributed by atoms with Crippen LogP contribution in [-0.4, -0.2) is 18.4 Å². The lowest BCUT2D eigenvalue weighted by atomic mass is 10.2. The Balaban J connectivity index is 1.86. The lowest BCUT2D eigenvalue weighted by molar-refractivity contribution is -0.119. The average Bonchev–Trinajstić information content (AvgIpc) is 2.56. The Hall–Kier alpha value is -2.89. The minimum atomic E-state index is -0.407. The highest BCUT2D eigenvalue weighted by Crippen LogP contribution is 2.15. The van der Waals surface area contributed by atoms with Crippen LogP contribution in [0.3, 0.4) is 0 Å². The first-order chi connectivity index (χ1) is 11.5. The normalized spacial score (nSPS) is 10.3. The Morgan fingerprint density at radius 3 is 2.12 bits per heavy atom. The van der Waals surface area contributed by atoms with Crippen molar-refractivity contribution in [3.63, 3.8) is 0 Å². The fraction of sp³-hybridized carbons (Fsp3) is 0.222. The lowest BCUT2D eigenvalue weighted by Gasteiger charge is -2.10. The summed E-state index contributed by atoms with van der Waals surface area (Å²) in [7, 11) is 0. The highest BCUT2D eigenvalue weighted by atomic mass is 19.1. The smallest absolute Gasteiger partial charge is 0.243 e. The molecule has 2 aromatic carbocycles. The molecule has 0 unspecified atom stereocenters. The summed E-state index contributed by atoms with van der Waals surface area (Å²) in [5, 5.41) is 8.21. The number of benzene rings is 2. The number of carbonyl (C=O) groups is 2. The second-order valence-electron chi connectivity index (χ2n) is 5.60. The van der Waals surface area contributed by atoms with Crippen LogP contribution >= 0.6 is 0 Å². The average molecular weight is 329 g/mol. The molecule has 6 heteroatoms. The Morgan fingerprint density at radius 2 is 1.54 bits per heavy atom. The molecule has 3 N–H and O–H groups in total. The van der Waals surface area contributed by atoms with Gasteiger partial charge < -0.3 is 16.0 Å². The Morgan fingerprint density at radius 1 is 0.958 bits per heavy atom. The van der Waals surface area contributed by atoms with Crippen molar-refractivity contribution < 1.29 is 14.0 Å². The third-order valence-corrected chi connectivity index (χ3v) is 3.27. The van der Waals surface area contributed by atoms with Crippen LogP contribution in [-0.2, 0) is 9.59 Å². The zero-order valence-corrected chi connectivity index (χ0v) is 13.6. The van der Waals surface area contributed by atoms with Gasteiger partial charge in [0.2, 0.25) is 11.8 Å². The van der Waals surface area contributed by atoms with Crippen LogP contribution in [0, 0.1) is 11.7 Å². The largest absolute Gasteiger partial charge is 0.374 e. The zero-order chi connectivity index (χ0) is 17.5. The molecule has 2 aromatic rings. The van der Waals surface area contributed by atoms with Crippen molar-refractivity contribution in [3.05, 3.63) is 54.3 Å². The van der Waals surface area contributed by atoms with Crippen molar-refractivity contribution in [2.45, 2.75) is 13.8 Å². The van der Waals surface area contributed by atoms with Crippen molar-refractivity contribution in [2.75, 3.05) is 22.5 Å². The molecule has 0 heterocycles. The van der Waals surface area contributed by atoms with E-state index in [-0.39, 0.29) is 30.0 Å². The van der Waals surface area contributed by atoms with E-state index in [0.717, 1.165) is 0 Å². The van der Waals surface area contributed by atoms with Gasteiger partial charge in [0.15, 0.2) is 0 Å². The number of rotatable bonds is 6. The molecule has 24 heavy (non-hydrogen) atoms. The minimum Gasteiger partial charge on any atom is -0.374 e. The van der Waals surface area contributed by atoms with Crippen molar-refractivity contribution >= 4 is 28.9 Å². The van der Waals surface area contributed by atoms with Crippen molar-refractivity contribution in [2.24, 2.45) is 5.92 Å². The lowest BCUT2D eigenvalue weighted by Crippen LogP contribution is -2.22. The number of hydrogen-bond donors (Lipinski definition) is 3. The molecular weight excluding hydrogens is 309 g/mol. The SMILES string of the molecule is CC(C)C(=O)Nc1ccc(NC(=O)CNc2ccccc2F)cc1. The third kappa shape index (κ3) is 5.08. The maximum absolute atomic E-state index is 13.4. The van der Waals surface area contributed by atoms with Gasteiger partial charge in [-0.15, -0.1) is 0 Å². The predicted octanol–water partition coefficient (Wildman–Crippen LogP) is 3.47. The van der Waals surface area contributed by atoms with Crippen LogP contribution in [0.15, 0.2) is 48.5 Å². The van der Waals surface area contributed by atoms with Crippen LogP contribution in [0.4, 0.5) is 21.5 Å². The van der Waals surface area contributed by atoms with Gasteiger partial charge >= 0.3 is 0 Å². The molecular formula is C18H20FN3O2. The molecule has 126 valence electrons. The Kier molecular flexibility index (Phi) is 5.89. The summed E-state index contributed by atoms with van der Waals surface area (Å²) in [6.45, 7) is 3.58. The van der Waals surface area contributed by atoms with Crippen LogP contribution in [0.5, 0.6) is 0 Å². The molecule has 0 fully saturated rings. The summed E-state index contributed by atoms with van der Waals surface area (Å²) < 4.78 is 13.4. The Labute approximate surface area is 140 Å². The number of halogens is 1. The molecule has 2 amide bonds. The molecule has 0 aliphatic rings. The first-order valence-corrected chi connectivity index (χ1v) is 7.65. The van der Waals surface area contributed by atoms with E-state index in [2.05, 4.69) is 16.0 Å². The summed E-state index contributed by atoms with van der Waals surface area (Å²) >= 11 is 0. The number of amides is 2. The fourth-order valence-corrected chi connectivity index (χ4v) is 1.91. The third-order valence-electron chi connectivity index (χ3n) is 3.27. The van der Waals surface area contributed by atoms with E-state index in [4.69, 9.17) is 0 Å². The van der Waals surface area contributed by atoms with Crippen molar-refractivity contribution in [3.8, 4) is 0 Å². The molecule has 0 saturated carbocycles. The monoisotopic (exact) mass is 329 g/mol. The van der Waals surface area contributed by atoms with E-state index < -0.39 is 5.82 Å². The number of anilines is 3. The van der Waals surface area contributed by atoms with Crippen LogP contribution in [0.2, 0.25) is 0 Å². The molecule has 2 rings (SSSR count). The fourth-order valence-electron chi connectivity index (χ4n) is 1.91. The molecule has 0 atom stereocenters. The van der Waals surface area contributed by atoms with Crippen molar-refractivity contribution in [1.82, 2.24) is 0 Å². The van der Waals surface area contributed by atoms with Gasteiger partial charge in [0.25, 0.3) is 0 Å². The number of para-hydroxylation sites is 1. The quantitative estimate of drug-likeness (QED) is 0.760. The molecule has 0 bridgehead atoms. The predicted molar refractivity (Wildman–Crippen MR) is 93.4 cm³/mol. The van der Waals surface area contributed by atoms with Gasteiger partial charge in [-0.2, -0.15) is 0 Å². The highest BCUT2D eigenvalue weighted by molar-refractivity contribution is 5.95. The summed E-state index contributed by atoms with van der Waals surface area (Å²) in [5.74, 6) is -0.873. The van der Waals surface area contributed by atoms with E-state index in [1.54, 1.807) is 42.5 Å². The number of hydrogen-bond acceptors (Lipinski definition) is 3. The molecule has 0 aliphatic heterocycles. The van der Waals surface area contributed by atoms with Gasteiger partial charge in [-0.25, -0.2) is 4.39 Å². The van der Waals surface area contributed by atoms with E-state index in [1.807, 2.05) is 13.8 Å². The molecule has 0 aromatic heterocycles. The topological polar surface area (TPSA) is 70.2 Å². The summed E-state index contributed by atoms with van der Waals surface area (Å²) in [4.78, 5) is 23.5. The highest BCUT2D eigenvalue weighted by Gasteiger charge is 2.08. The summed E-state index contributed by atoms with van der Waals surface area (Å²) in [5.41, 5.74) is 1.54. The number of carbonyl (C=O) groups excluding carboxylic acids is 2. The maximum atomic E-state index is 13.4. The number of nitrogens with one attached hydrogen (secondary N) is 3. The second-order valence-corrected chi connectivity index (χ2v) is 5.60. The zero-order valence-electron chi connectivity index (χ0n) is 13.6. The molecule has 0 saturated heterocycles. The van der Waals surface area contributed by atoms with Gasteiger partial charge in [0.1, 0.15) is 5.82 Å². The van der Waals surface area contributed by atoms with Crippen LogP contribution in [0.1, 0.15) is 13.8 Å². The van der Waals surface area contributed by atoms with E-state index in [1.165, 1.54) is 6.07 Å². The van der Waals surface area contributed by atoms with Crippen molar-refractivity contribution in [1.29, 1.82) is 0 Å². The van der Waals surface area contributed by atoms with Crippen LogP contribution < -0.4 is 16.0 Å². The Bertz CT molecular complexity index is 714. The van der Waals surface area contributed by atoms with E-state index >= 15 is 0 Å². The van der Waals surface area contributed by atoms with E-state index in [0.29, 0.717) is 11.4 Å². The molecule has 5 nitrogen and oxygen atoms in total. The standard InChI is InChI=1S/C18H20FN3O2/c1-12(2)18(24)22-14-9-7-13(8-10-14)21-17(23)11-20-16-6-4-3-5-15(16)19/h3-10,12,20H,11H2,1-2H3,(H,21,23)(H,22,24). The van der Waals surface area contributed by atoms with E-state index in [9.17, 15) is 14.0 Å². The van der Waals surface area contributed by atoms with Gasteiger partial charge in [-0.3, -0.25) is 9.59 Å². The first kappa shape index (κ1) is 17.5. The van der Waals surface area contributed by atoms with Gasteiger partial charge in [-0.1, -0.05) is 26.0 Å². The molecule has 0 spiro atoms. The van der Waals surface area contributed by atoms with Crippen LogP contribution in [0.25, 0.3) is 0 Å². The minimum absolute atomic E-state index is 0.0488. The first-order valence-electron chi connectivity index (χ1n) is 7.65.